The van der Waals surface area contributed by atoms with Crippen LogP contribution in [-0.4, -0.2) is 31.4 Å². The molecule has 0 radical (unpaired) electrons. The van der Waals surface area contributed by atoms with Crippen LogP contribution < -0.4 is 10.5 Å². The van der Waals surface area contributed by atoms with E-state index in [9.17, 15) is 13.2 Å². The first-order chi connectivity index (χ1) is 9.73. The van der Waals surface area contributed by atoms with Crippen molar-refractivity contribution in [1.82, 2.24) is 4.90 Å². The third-order valence-electron chi connectivity index (χ3n) is 3.31. The van der Waals surface area contributed by atoms with Crippen LogP contribution in [0.25, 0.3) is 0 Å². The van der Waals surface area contributed by atoms with E-state index < -0.39 is 6.36 Å². The number of halogens is 3. The summed E-state index contributed by atoms with van der Waals surface area (Å²) in [6.07, 6.45) is -3.62. The summed E-state index contributed by atoms with van der Waals surface area (Å²) in [5, 5.41) is 0. The van der Waals surface area contributed by atoms with Crippen molar-refractivity contribution < 1.29 is 17.9 Å². The SMILES string of the molecule is CC(C)CCN(C)C(CN)c1ccc(OC(F)(F)F)cc1. The van der Waals surface area contributed by atoms with E-state index in [1.807, 2.05) is 7.05 Å². The van der Waals surface area contributed by atoms with Gasteiger partial charge in [-0.05, 0) is 43.6 Å². The zero-order valence-corrected chi connectivity index (χ0v) is 12.7. The fourth-order valence-electron chi connectivity index (χ4n) is 2.08. The normalized spacial score (nSPS) is 13.8. The predicted octanol–water partition coefficient (Wildman–Crippen LogP) is 3.56. The average Bonchev–Trinajstić information content (AvgIpc) is 2.37. The van der Waals surface area contributed by atoms with Gasteiger partial charge in [0, 0.05) is 12.6 Å². The lowest BCUT2D eigenvalue weighted by atomic mass is 10.0. The van der Waals surface area contributed by atoms with Crippen LogP contribution >= 0.6 is 0 Å². The molecule has 0 bridgehead atoms. The minimum atomic E-state index is -4.66. The maximum atomic E-state index is 12.1. The second-order valence-corrected chi connectivity index (χ2v) is 5.53. The van der Waals surface area contributed by atoms with E-state index in [0.717, 1.165) is 18.5 Å². The lowest BCUT2D eigenvalue weighted by molar-refractivity contribution is -0.274. The van der Waals surface area contributed by atoms with E-state index >= 15 is 0 Å². The van der Waals surface area contributed by atoms with Crippen molar-refractivity contribution in [1.29, 1.82) is 0 Å². The molecule has 1 atom stereocenters. The van der Waals surface area contributed by atoms with Crippen molar-refractivity contribution in [2.45, 2.75) is 32.7 Å². The van der Waals surface area contributed by atoms with Crippen LogP contribution in [0.1, 0.15) is 31.9 Å². The Morgan fingerprint density at radius 1 is 1.19 bits per heavy atom. The molecule has 0 aromatic heterocycles. The second-order valence-electron chi connectivity index (χ2n) is 5.53. The molecule has 120 valence electrons. The Labute approximate surface area is 123 Å². The molecule has 6 heteroatoms. The summed E-state index contributed by atoms with van der Waals surface area (Å²) in [5.74, 6) is 0.375. The lowest BCUT2D eigenvalue weighted by Gasteiger charge is -2.28. The van der Waals surface area contributed by atoms with Gasteiger partial charge in [-0.15, -0.1) is 13.2 Å². The van der Waals surface area contributed by atoms with E-state index in [0.29, 0.717) is 12.5 Å². The topological polar surface area (TPSA) is 38.5 Å². The van der Waals surface area contributed by atoms with Crippen molar-refractivity contribution in [3.05, 3.63) is 29.8 Å². The van der Waals surface area contributed by atoms with Crippen molar-refractivity contribution in [3.63, 3.8) is 0 Å². The van der Waals surface area contributed by atoms with Gasteiger partial charge in [-0.25, -0.2) is 0 Å². The highest BCUT2D eigenvalue weighted by molar-refractivity contribution is 5.29. The largest absolute Gasteiger partial charge is 0.573 e. The number of likely N-dealkylation sites (N-methyl/N-ethyl adjacent to an activating group) is 1. The molecule has 0 fully saturated rings. The molecule has 2 N–H and O–H groups in total. The van der Waals surface area contributed by atoms with E-state index in [2.05, 4.69) is 23.5 Å². The predicted molar refractivity (Wildman–Crippen MR) is 77.0 cm³/mol. The molecule has 21 heavy (non-hydrogen) atoms. The molecule has 3 nitrogen and oxygen atoms in total. The Hall–Kier alpha value is -1.27. The first-order valence-corrected chi connectivity index (χ1v) is 6.99. The minimum absolute atomic E-state index is 0.0105. The summed E-state index contributed by atoms with van der Waals surface area (Å²) in [7, 11) is 1.97. The Morgan fingerprint density at radius 3 is 2.19 bits per heavy atom. The summed E-state index contributed by atoms with van der Waals surface area (Å²) in [4.78, 5) is 2.12. The first kappa shape index (κ1) is 17.8. The van der Waals surface area contributed by atoms with E-state index in [4.69, 9.17) is 5.73 Å². The monoisotopic (exact) mass is 304 g/mol. The molecule has 0 heterocycles. The summed E-state index contributed by atoms with van der Waals surface area (Å²) in [6.45, 7) is 5.59. The van der Waals surface area contributed by atoms with Crippen molar-refractivity contribution in [2.24, 2.45) is 11.7 Å². The number of rotatable bonds is 7. The molecule has 0 aliphatic heterocycles. The number of nitrogens with two attached hydrogens (primary N) is 1. The molecule has 0 saturated carbocycles. The standard InChI is InChI=1S/C15H23F3N2O/c1-11(2)8-9-20(3)14(10-19)12-4-6-13(7-5-12)21-15(16,17)18/h4-7,11,14H,8-10,19H2,1-3H3. The third-order valence-corrected chi connectivity index (χ3v) is 3.31. The van der Waals surface area contributed by atoms with Crippen LogP contribution in [0.3, 0.4) is 0 Å². The van der Waals surface area contributed by atoms with Crippen LogP contribution in [0, 0.1) is 5.92 Å². The van der Waals surface area contributed by atoms with Gasteiger partial charge in [-0.3, -0.25) is 4.90 Å². The molecule has 1 aromatic carbocycles. The molecule has 0 saturated heterocycles. The third kappa shape index (κ3) is 6.35. The fraction of sp³-hybridized carbons (Fsp3) is 0.600. The maximum Gasteiger partial charge on any atom is 0.573 e. The highest BCUT2D eigenvalue weighted by Crippen LogP contribution is 2.26. The zero-order chi connectivity index (χ0) is 16.0. The molecule has 1 aromatic rings. The molecule has 0 spiro atoms. The molecule has 0 aliphatic carbocycles. The van der Waals surface area contributed by atoms with Crippen LogP contribution in [0.4, 0.5) is 13.2 Å². The fourth-order valence-corrected chi connectivity index (χ4v) is 2.08. The quantitative estimate of drug-likeness (QED) is 0.837. The summed E-state index contributed by atoms with van der Waals surface area (Å²) in [5.41, 5.74) is 6.69. The van der Waals surface area contributed by atoms with Gasteiger partial charge in [0.05, 0.1) is 0 Å². The summed E-state index contributed by atoms with van der Waals surface area (Å²) >= 11 is 0. The van der Waals surface area contributed by atoms with E-state index in [1.165, 1.54) is 12.1 Å². The van der Waals surface area contributed by atoms with Gasteiger partial charge in [-0.2, -0.15) is 0 Å². The summed E-state index contributed by atoms with van der Waals surface area (Å²) in [6, 6.07) is 5.89. The van der Waals surface area contributed by atoms with E-state index in [-0.39, 0.29) is 11.8 Å². The van der Waals surface area contributed by atoms with Gasteiger partial charge in [0.2, 0.25) is 0 Å². The van der Waals surface area contributed by atoms with Crippen molar-refractivity contribution >= 4 is 0 Å². The summed E-state index contributed by atoms with van der Waals surface area (Å²) < 4.78 is 40.2. The van der Waals surface area contributed by atoms with Gasteiger partial charge >= 0.3 is 6.36 Å². The molecular formula is C15H23F3N2O. The van der Waals surface area contributed by atoms with Crippen LogP contribution in [0.2, 0.25) is 0 Å². The van der Waals surface area contributed by atoms with Gasteiger partial charge in [0.15, 0.2) is 0 Å². The number of hydrogen-bond acceptors (Lipinski definition) is 3. The first-order valence-electron chi connectivity index (χ1n) is 6.99. The molecule has 0 amide bonds. The van der Waals surface area contributed by atoms with Crippen molar-refractivity contribution in [2.75, 3.05) is 20.1 Å². The average molecular weight is 304 g/mol. The van der Waals surface area contributed by atoms with Gasteiger partial charge in [0.25, 0.3) is 0 Å². The van der Waals surface area contributed by atoms with Crippen molar-refractivity contribution in [3.8, 4) is 5.75 Å². The highest BCUT2D eigenvalue weighted by atomic mass is 19.4. The van der Waals surface area contributed by atoms with Crippen LogP contribution in [0.15, 0.2) is 24.3 Å². The van der Waals surface area contributed by atoms with Crippen LogP contribution in [-0.2, 0) is 0 Å². The van der Waals surface area contributed by atoms with E-state index in [1.54, 1.807) is 12.1 Å². The number of ether oxygens (including phenoxy) is 1. The van der Waals surface area contributed by atoms with Gasteiger partial charge in [0.1, 0.15) is 5.75 Å². The molecule has 1 rings (SSSR count). The molecular weight excluding hydrogens is 281 g/mol. The van der Waals surface area contributed by atoms with Crippen LogP contribution in [0.5, 0.6) is 5.75 Å². The minimum Gasteiger partial charge on any atom is -0.406 e. The number of benzene rings is 1. The zero-order valence-electron chi connectivity index (χ0n) is 12.7. The maximum absolute atomic E-state index is 12.1. The smallest absolute Gasteiger partial charge is 0.406 e. The number of alkyl halides is 3. The highest BCUT2D eigenvalue weighted by Gasteiger charge is 2.31. The van der Waals surface area contributed by atoms with Gasteiger partial charge in [-0.1, -0.05) is 26.0 Å². The number of nitrogens with zero attached hydrogens (tertiary/aromatic N) is 1. The Morgan fingerprint density at radius 2 is 1.76 bits per heavy atom. The Balaban J connectivity index is 2.73. The Bertz CT molecular complexity index is 418. The molecule has 0 aliphatic rings. The van der Waals surface area contributed by atoms with Gasteiger partial charge < -0.3 is 10.5 Å². The Kier molecular flexibility index (Phi) is 6.48. The lowest BCUT2D eigenvalue weighted by Crippen LogP contribution is -2.31. The molecule has 1 unspecified atom stereocenters. The second kappa shape index (κ2) is 7.66. The number of hydrogen-bond donors (Lipinski definition) is 1.